The molecule has 2 aliphatic rings. The topological polar surface area (TPSA) is 47.7 Å². The summed E-state index contributed by atoms with van der Waals surface area (Å²) in [5.41, 5.74) is 7.03. The highest BCUT2D eigenvalue weighted by molar-refractivity contribution is 5.61. The summed E-state index contributed by atoms with van der Waals surface area (Å²) < 4.78 is 51.7. The molecule has 2 N–H and O–H groups in total. The summed E-state index contributed by atoms with van der Waals surface area (Å²) in [6.07, 6.45) is 0. The minimum Gasteiger partial charge on any atom is -0.454 e. The normalized spacial score (nSPS) is 18.4. The zero-order valence-corrected chi connectivity index (χ0v) is 12.0. The molecule has 0 amide bonds. The van der Waals surface area contributed by atoms with Gasteiger partial charge in [-0.05, 0) is 23.8 Å². The molecule has 1 atom stereocenters. The number of benzene rings is 2. The Morgan fingerprint density at radius 1 is 1.09 bits per heavy atom. The Kier molecular flexibility index (Phi) is 3.12. The van der Waals surface area contributed by atoms with Gasteiger partial charge in [0.2, 0.25) is 6.79 Å². The summed E-state index contributed by atoms with van der Waals surface area (Å²) >= 11 is 0. The van der Waals surface area contributed by atoms with Crippen molar-refractivity contribution >= 4 is 5.69 Å². The van der Waals surface area contributed by atoms with Crippen molar-refractivity contribution in [1.82, 2.24) is 0 Å². The molecule has 7 heteroatoms. The third-order valence-corrected chi connectivity index (χ3v) is 4.27. The number of nitrogens with zero attached hydrogens (tertiary/aromatic N) is 1. The minimum atomic E-state index is -1.45. The van der Waals surface area contributed by atoms with Gasteiger partial charge in [-0.15, -0.1) is 0 Å². The van der Waals surface area contributed by atoms with Crippen molar-refractivity contribution in [3.63, 3.8) is 0 Å². The van der Waals surface area contributed by atoms with Gasteiger partial charge >= 0.3 is 0 Å². The Labute approximate surface area is 130 Å². The molecule has 0 radical (unpaired) electrons. The SMILES string of the molecule is NCC1c2cc(F)c(F)c(F)c2CN1c1ccc2c(c1)OCO2. The van der Waals surface area contributed by atoms with Crippen LogP contribution in [0.1, 0.15) is 17.2 Å². The molecule has 4 nitrogen and oxygen atoms in total. The van der Waals surface area contributed by atoms with E-state index in [2.05, 4.69) is 0 Å². The molecule has 2 heterocycles. The van der Waals surface area contributed by atoms with Crippen LogP contribution in [0.25, 0.3) is 0 Å². The van der Waals surface area contributed by atoms with Crippen LogP contribution in [0, 0.1) is 17.5 Å². The summed E-state index contributed by atoms with van der Waals surface area (Å²) in [6, 6.07) is 5.87. The van der Waals surface area contributed by atoms with Gasteiger partial charge in [0, 0.05) is 30.4 Å². The Balaban J connectivity index is 1.78. The molecule has 0 saturated carbocycles. The van der Waals surface area contributed by atoms with E-state index in [0.717, 1.165) is 11.8 Å². The van der Waals surface area contributed by atoms with Crippen LogP contribution in [0.3, 0.4) is 0 Å². The highest BCUT2D eigenvalue weighted by Crippen LogP contribution is 2.42. The predicted molar refractivity (Wildman–Crippen MR) is 76.9 cm³/mol. The van der Waals surface area contributed by atoms with Gasteiger partial charge in [0.25, 0.3) is 0 Å². The van der Waals surface area contributed by atoms with Crippen molar-refractivity contribution in [2.75, 3.05) is 18.2 Å². The summed E-state index contributed by atoms with van der Waals surface area (Å²) in [5.74, 6) is -2.61. The third-order valence-electron chi connectivity index (χ3n) is 4.27. The van der Waals surface area contributed by atoms with Crippen molar-refractivity contribution in [1.29, 1.82) is 0 Å². The Bertz CT molecular complexity index is 797. The number of nitrogens with two attached hydrogens (primary N) is 1. The lowest BCUT2D eigenvalue weighted by molar-refractivity contribution is 0.174. The highest BCUT2D eigenvalue weighted by atomic mass is 19.2. The van der Waals surface area contributed by atoms with Crippen molar-refractivity contribution in [2.24, 2.45) is 5.73 Å². The zero-order chi connectivity index (χ0) is 16.1. The number of halogens is 3. The number of ether oxygens (including phenoxy) is 2. The quantitative estimate of drug-likeness (QED) is 0.864. The molecule has 0 bridgehead atoms. The van der Waals surface area contributed by atoms with E-state index in [1.54, 1.807) is 23.1 Å². The van der Waals surface area contributed by atoms with E-state index in [-0.39, 0.29) is 25.4 Å². The van der Waals surface area contributed by atoms with Crippen molar-refractivity contribution < 1.29 is 22.6 Å². The van der Waals surface area contributed by atoms with Crippen LogP contribution in [0.2, 0.25) is 0 Å². The first kappa shape index (κ1) is 14.2. The average Bonchev–Trinajstić information content (AvgIpc) is 3.15. The molecule has 0 fully saturated rings. The summed E-state index contributed by atoms with van der Waals surface area (Å²) in [6.45, 7) is 0.399. The lowest BCUT2D eigenvalue weighted by atomic mass is 10.0. The molecule has 0 saturated heterocycles. The molecule has 2 aromatic rings. The van der Waals surface area contributed by atoms with Gasteiger partial charge in [-0.25, -0.2) is 13.2 Å². The van der Waals surface area contributed by atoms with E-state index in [0.29, 0.717) is 17.1 Å². The minimum absolute atomic E-state index is 0.111. The summed E-state index contributed by atoms with van der Waals surface area (Å²) in [7, 11) is 0. The predicted octanol–water partition coefficient (Wildman–Crippen LogP) is 2.85. The fourth-order valence-electron chi connectivity index (χ4n) is 3.15. The lowest BCUT2D eigenvalue weighted by Crippen LogP contribution is -2.27. The first-order valence-corrected chi connectivity index (χ1v) is 7.12. The first-order valence-electron chi connectivity index (χ1n) is 7.12. The smallest absolute Gasteiger partial charge is 0.231 e. The van der Waals surface area contributed by atoms with Gasteiger partial charge in [-0.2, -0.15) is 0 Å². The zero-order valence-electron chi connectivity index (χ0n) is 12.0. The Morgan fingerprint density at radius 2 is 1.87 bits per heavy atom. The van der Waals surface area contributed by atoms with Crippen LogP contribution < -0.4 is 20.1 Å². The molecule has 120 valence electrons. The second-order valence-electron chi connectivity index (χ2n) is 5.47. The van der Waals surface area contributed by atoms with E-state index < -0.39 is 23.5 Å². The summed E-state index contributed by atoms with van der Waals surface area (Å²) in [5, 5.41) is 0. The van der Waals surface area contributed by atoms with E-state index in [1.807, 2.05) is 0 Å². The number of rotatable bonds is 2. The van der Waals surface area contributed by atoms with Crippen LogP contribution in [-0.2, 0) is 6.54 Å². The first-order chi connectivity index (χ1) is 11.1. The molecule has 4 rings (SSSR count). The van der Waals surface area contributed by atoms with E-state index in [1.165, 1.54) is 0 Å². The number of anilines is 1. The fraction of sp³-hybridized carbons (Fsp3) is 0.250. The molecule has 0 aromatic heterocycles. The molecule has 1 unspecified atom stereocenters. The highest BCUT2D eigenvalue weighted by Gasteiger charge is 2.34. The molecular weight excluding hydrogens is 309 g/mol. The lowest BCUT2D eigenvalue weighted by Gasteiger charge is -2.26. The van der Waals surface area contributed by atoms with E-state index in [9.17, 15) is 13.2 Å². The maximum Gasteiger partial charge on any atom is 0.231 e. The van der Waals surface area contributed by atoms with Crippen molar-refractivity contribution in [3.8, 4) is 11.5 Å². The number of hydrogen-bond donors (Lipinski definition) is 1. The molecule has 2 aliphatic heterocycles. The van der Waals surface area contributed by atoms with Gasteiger partial charge in [-0.1, -0.05) is 0 Å². The van der Waals surface area contributed by atoms with Crippen LogP contribution in [0.15, 0.2) is 24.3 Å². The molecule has 2 aromatic carbocycles. The Hall–Kier alpha value is -2.41. The maximum atomic E-state index is 14.1. The third kappa shape index (κ3) is 2.03. The van der Waals surface area contributed by atoms with Crippen LogP contribution >= 0.6 is 0 Å². The number of hydrogen-bond acceptors (Lipinski definition) is 4. The van der Waals surface area contributed by atoms with E-state index in [4.69, 9.17) is 15.2 Å². The van der Waals surface area contributed by atoms with Gasteiger partial charge in [0.15, 0.2) is 29.0 Å². The monoisotopic (exact) mass is 322 g/mol. The molecule has 0 spiro atoms. The van der Waals surface area contributed by atoms with Crippen molar-refractivity contribution in [3.05, 3.63) is 52.8 Å². The Morgan fingerprint density at radius 3 is 2.65 bits per heavy atom. The second-order valence-corrected chi connectivity index (χ2v) is 5.47. The second kappa shape index (κ2) is 5.06. The average molecular weight is 322 g/mol. The van der Waals surface area contributed by atoms with Crippen LogP contribution in [0.5, 0.6) is 11.5 Å². The van der Waals surface area contributed by atoms with Gasteiger partial charge < -0.3 is 20.1 Å². The fourth-order valence-corrected chi connectivity index (χ4v) is 3.15. The van der Waals surface area contributed by atoms with Gasteiger partial charge in [-0.3, -0.25) is 0 Å². The summed E-state index contributed by atoms with van der Waals surface area (Å²) in [4.78, 5) is 1.80. The van der Waals surface area contributed by atoms with Crippen LogP contribution in [-0.4, -0.2) is 13.3 Å². The van der Waals surface area contributed by atoms with Crippen LogP contribution in [0.4, 0.5) is 18.9 Å². The van der Waals surface area contributed by atoms with Crippen molar-refractivity contribution in [2.45, 2.75) is 12.6 Å². The van der Waals surface area contributed by atoms with Gasteiger partial charge in [0.1, 0.15) is 0 Å². The maximum absolute atomic E-state index is 14.1. The number of fused-ring (bicyclic) bond motifs is 2. The van der Waals surface area contributed by atoms with Gasteiger partial charge in [0.05, 0.1) is 6.04 Å². The standard InChI is InChI=1S/C16H13F3N2O2/c17-11-4-9-10(15(18)16(11)19)6-21(12(9)5-20)8-1-2-13-14(3-8)23-7-22-13/h1-4,12H,5-7,20H2. The molecule has 0 aliphatic carbocycles. The molecule has 23 heavy (non-hydrogen) atoms. The largest absolute Gasteiger partial charge is 0.454 e. The van der Waals surface area contributed by atoms with E-state index >= 15 is 0 Å². The molecular formula is C16H13F3N2O2.